The second-order valence-electron chi connectivity index (χ2n) is 5.23. The van der Waals surface area contributed by atoms with E-state index in [0.29, 0.717) is 5.39 Å². The summed E-state index contributed by atoms with van der Waals surface area (Å²) in [6.07, 6.45) is 1.47. The van der Waals surface area contributed by atoms with E-state index in [1.54, 1.807) is 12.1 Å². The van der Waals surface area contributed by atoms with Gasteiger partial charge in [0.2, 0.25) is 11.6 Å². The molecule has 1 heterocycles. The Morgan fingerprint density at radius 3 is 1.96 bits per heavy atom. The molecule has 0 spiro atoms. The monoisotopic (exact) mass is 307 g/mol. The summed E-state index contributed by atoms with van der Waals surface area (Å²) in [4.78, 5) is 29.6. The van der Waals surface area contributed by atoms with Gasteiger partial charge in [-0.1, -0.05) is 6.07 Å². The Bertz CT molecular complexity index is 1040. The maximum Gasteiger partial charge on any atom is 0.202 e. The topological polar surface area (TPSA) is 108 Å². The zero-order valence-electron chi connectivity index (χ0n) is 11.6. The molecule has 0 fully saturated rings. The molecular weight excluding hydrogens is 298 g/mol. The standard InChI is InChI=1S/C17H9NO5/c19-8-3-4-9(20)12-11(8)16(22)13-10(21)6-7-2-1-5-18-15(7)14(13)17(12)23/h1-6,19-21H. The van der Waals surface area contributed by atoms with Gasteiger partial charge in [0, 0.05) is 11.6 Å². The van der Waals surface area contributed by atoms with Crippen molar-refractivity contribution in [2.75, 3.05) is 0 Å². The molecule has 112 valence electrons. The minimum absolute atomic E-state index is 0.0704. The molecule has 0 amide bonds. The summed E-state index contributed by atoms with van der Waals surface area (Å²) < 4.78 is 0. The number of hydrogen-bond donors (Lipinski definition) is 3. The molecule has 6 nitrogen and oxygen atoms in total. The number of nitrogens with zero attached hydrogens (tertiary/aromatic N) is 1. The van der Waals surface area contributed by atoms with Crippen LogP contribution in [-0.2, 0) is 0 Å². The van der Waals surface area contributed by atoms with E-state index < -0.39 is 23.1 Å². The Morgan fingerprint density at radius 1 is 0.739 bits per heavy atom. The molecule has 3 N–H and O–H groups in total. The Balaban J connectivity index is 2.20. The molecule has 23 heavy (non-hydrogen) atoms. The Morgan fingerprint density at radius 2 is 1.30 bits per heavy atom. The molecular formula is C17H9NO5. The van der Waals surface area contributed by atoms with Gasteiger partial charge in [0.25, 0.3) is 0 Å². The fourth-order valence-corrected chi connectivity index (χ4v) is 2.95. The summed E-state index contributed by atoms with van der Waals surface area (Å²) in [6.45, 7) is 0. The molecule has 3 aromatic rings. The van der Waals surface area contributed by atoms with Crippen molar-refractivity contribution in [2.45, 2.75) is 0 Å². The Labute approximate surface area is 129 Å². The third-order valence-corrected chi connectivity index (χ3v) is 3.94. The van der Waals surface area contributed by atoms with Crippen molar-refractivity contribution in [3.63, 3.8) is 0 Å². The summed E-state index contributed by atoms with van der Waals surface area (Å²) in [7, 11) is 0. The van der Waals surface area contributed by atoms with Crippen LogP contribution >= 0.6 is 0 Å². The van der Waals surface area contributed by atoms with Gasteiger partial charge in [0.15, 0.2) is 0 Å². The van der Waals surface area contributed by atoms with Crippen LogP contribution in [0.4, 0.5) is 0 Å². The minimum Gasteiger partial charge on any atom is -0.507 e. The van der Waals surface area contributed by atoms with Gasteiger partial charge in [-0.05, 0) is 24.3 Å². The van der Waals surface area contributed by atoms with Crippen LogP contribution < -0.4 is 0 Å². The number of fused-ring (bicyclic) bond motifs is 4. The van der Waals surface area contributed by atoms with E-state index in [2.05, 4.69) is 4.98 Å². The first-order valence-electron chi connectivity index (χ1n) is 6.75. The van der Waals surface area contributed by atoms with Crippen LogP contribution in [0.3, 0.4) is 0 Å². The molecule has 0 saturated heterocycles. The zero-order valence-corrected chi connectivity index (χ0v) is 11.6. The van der Waals surface area contributed by atoms with Gasteiger partial charge in [-0.15, -0.1) is 0 Å². The van der Waals surface area contributed by atoms with Gasteiger partial charge in [-0.25, -0.2) is 0 Å². The van der Waals surface area contributed by atoms with Gasteiger partial charge in [-0.3, -0.25) is 14.6 Å². The second kappa shape index (κ2) is 4.30. The van der Waals surface area contributed by atoms with Crippen LogP contribution in [0.25, 0.3) is 10.9 Å². The largest absolute Gasteiger partial charge is 0.507 e. The SMILES string of the molecule is O=C1c2c(O)ccc(O)c2C(=O)c2c1c(O)cc1cccnc21. The van der Waals surface area contributed by atoms with Gasteiger partial charge in [0.1, 0.15) is 17.2 Å². The molecule has 6 heteroatoms. The normalized spacial score (nSPS) is 13.0. The average Bonchev–Trinajstić information content (AvgIpc) is 2.53. The molecule has 0 aliphatic heterocycles. The van der Waals surface area contributed by atoms with Gasteiger partial charge in [0.05, 0.1) is 27.8 Å². The first kappa shape index (κ1) is 13.3. The number of carbonyl (C=O) groups excluding carboxylic acids is 2. The lowest BCUT2D eigenvalue weighted by Gasteiger charge is -2.21. The van der Waals surface area contributed by atoms with E-state index in [1.165, 1.54) is 12.3 Å². The van der Waals surface area contributed by atoms with Crippen LogP contribution in [0.15, 0.2) is 36.5 Å². The fourth-order valence-electron chi connectivity index (χ4n) is 2.95. The summed E-state index contributed by atoms with van der Waals surface area (Å²) in [6, 6.07) is 6.90. The summed E-state index contributed by atoms with van der Waals surface area (Å²) in [5.41, 5.74) is -0.617. The van der Waals surface area contributed by atoms with E-state index in [1.807, 2.05) is 0 Å². The minimum atomic E-state index is -0.729. The molecule has 4 rings (SSSR count). The number of hydrogen-bond acceptors (Lipinski definition) is 6. The van der Waals surface area contributed by atoms with Crippen LogP contribution in [0.1, 0.15) is 31.8 Å². The van der Waals surface area contributed by atoms with E-state index in [0.717, 1.165) is 12.1 Å². The molecule has 1 aliphatic carbocycles. The molecule has 0 saturated carbocycles. The highest BCUT2D eigenvalue weighted by molar-refractivity contribution is 6.34. The maximum absolute atomic E-state index is 12.8. The smallest absolute Gasteiger partial charge is 0.202 e. The zero-order chi connectivity index (χ0) is 16.3. The first-order valence-corrected chi connectivity index (χ1v) is 6.75. The third-order valence-electron chi connectivity index (χ3n) is 3.94. The Kier molecular flexibility index (Phi) is 2.48. The van der Waals surface area contributed by atoms with Crippen molar-refractivity contribution in [1.82, 2.24) is 4.98 Å². The van der Waals surface area contributed by atoms with E-state index in [9.17, 15) is 24.9 Å². The van der Waals surface area contributed by atoms with E-state index in [4.69, 9.17) is 0 Å². The van der Waals surface area contributed by atoms with Gasteiger partial charge >= 0.3 is 0 Å². The molecule has 0 radical (unpaired) electrons. The lowest BCUT2D eigenvalue weighted by atomic mass is 9.81. The highest BCUT2D eigenvalue weighted by Gasteiger charge is 2.38. The molecule has 0 unspecified atom stereocenters. The highest BCUT2D eigenvalue weighted by atomic mass is 16.3. The number of carbonyl (C=O) groups is 2. The number of rotatable bonds is 0. The predicted molar refractivity (Wildman–Crippen MR) is 80.0 cm³/mol. The number of ketones is 2. The van der Waals surface area contributed by atoms with Crippen molar-refractivity contribution >= 4 is 22.5 Å². The van der Waals surface area contributed by atoms with Crippen LogP contribution in [-0.4, -0.2) is 31.9 Å². The van der Waals surface area contributed by atoms with Crippen LogP contribution in [0, 0.1) is 0 Å². The average molecular weight is 307 g/mol. The molecule has 0 atom stereocenters. The van der Waals surface area contributed by atoms with Gasteiger partial charge < -0.3 is 15.3 Å². The van der Waals surface area contributed by atoms with Crippen molar-refractivity contribution in [2.24, 2.45) is 0 Å². The molecule has 1 aliphatic rings. The number of benzene rings is 2. The van der Waals surface area contributed by atoms with E-state index >= 15 is 0 Å². The first-order chi connectivity index (χ1) is 11.0. The van der Waals surface area contributed by atoms with E-state index in [-0.39, 0.29) is 33.5 Å². The summed E-state index contributed by atoms with van der Waals surface area (Å²) >= 11 is 0. The lowest BCUT2D eigenvalue weighted by molar-refractivity contribution is 0.0973. The highest BCUT2D eigenvalue weighted by Crippen LogP contribution is 2.42. The number of pyridine rings is 1. The quantitative estimate of drug-likeness (QED) is 0.429. The van der Waals surface area contributed by atoms with Crippen molar-refractivity contribution < 1.29 is 24.9 Å². The van der Waals surface area contributed by atoms with Crippen LogP contribution in [0.5, 0.6) is 17.2 Å². The summed E-state index contributed by atoms with van der Waals surface area (Å²) in [5.74, 6) is -2.60. The van der Waals surface area contributed by atoms with Crippen LogP contribution in [0.2, 0.25) is 0 Å². The van der Waals surface area contributed by atoms with Gasteiger partial charge in [-0.2, -0.15) is 0 Å². The maximum atomic E-state index is 12.8. The molecule has 1 aromatic heterocycles. The number of phenolic OH excluding ortho intramolecular Hbond substituents is 3. The number of aromatic nitrogens is 1. The lowest BCUT2D eigenvalue weighted by Crippen LogP contribution is -2.22. The number of aromatic hydroxyl groups is 3. The molecule has 0 bridgehead atoms. The number of phenols is 3. The predicted octanol–water partition coefficient (Wildman–Crippen LogP) is 2.13. The Hall–Kier alpha value is -3.41. The fraction of sp³-hybridized carbons (Fsp3) is 0. The molecule has 2 aromatic carbocycles. The van der Waals surface area contributed by atoms with Crippen molar-refractivity contribution in [3.8, 4) is 17.2 Å². The summed E-state index contributed by atoms with van der Waals surface area (Å²) in [5, 5.41) is 30.6. The van der Waals surface area contributed by atoms with Crippen molar-refractivity contribution in [3.05, 3.63) is 58.8 Å². The van der Waals surface area contributed by atoms with Crippen molar-refractivity contribution in [1.29, 1.82) is 0 Å². The third kappa shape index (κ3) is 1.60. The second-order valence-corrected chi connectivity index (χ2v) is 5.23.